The van der Waals surface area contributed by atoms with Gasteiger partial charge in [-0.1, -0.05) is 120 Å². The van der Waals surface area contributed by atoms with Crippen LogP contribution in [-0.4, -0.2) is 20.9 Å². The van der Waals surface area contributed by atoms with E-state index in [4.69, 9.17) is 4.74 Å². The SMILES string of the molecule is CCN1C(=CC=CC=CC=Cc2sc3ccc4ccccc4c3[n+]2CC)Sc2ccc3ccccc3c21.C[B-]c1ccc(OC)cc1. The number of benzene rings is 5. The Morgan fingerprint density at radius 3 is 2.17 bits per heavy atom. The van der Waals surface area contributed by atoms with Crippen LogP contribution in [0.15, 0.2) is 143 Å². The zero-order chi connectivity index (χ0) is 32.6. The minimum Gasteiger partial charge on any atom is -0.497 e. The lowest BCUT2D eigenvalue weighted by Gasteiger charge is -2.19. The summed E-state index contributed by atoms with van der Waals surface area (Å²) >= 11 is 3.70. The van der Waals surface area contributed by atoms with Gasteiger partial charge in [0.05, 0.1) is 23.2 Å². The number of fused-ring (bicyclic) bond motifs is 6. The molecular weight excluding hydrogens is 611 g/mol. The summed E-state index contributed by atoms with van der Waals surface area (Å²) in [6, 6.07) is 34.2. The highest BCUT2D eigenvalue weighted by atomic mass is 32.2. The third-order valence-electron chi connectivity index (χ3n) is 8.23. The molecule has 0 aliphatic carbocycles. The number of thiazole rings is 1. The Hall–Kier alpha value is -4.52. The molecule has 47 heavy (non-hydrogen) atoms. The average Bonchev–Trinajstić information content (AvgIpc) is 3.69. The van der Waals surface area contributed by atoms with E-state index in [0.29, 0.717) is 0 Å². The summed E-state index contributed by atoms with van der Waals surface area (Å²) in [6.45, 7) is 8.36. The summed E-state index contributed by atoms with van der Waals surface area (Å²) in [5, 5.41) is 7.78. The highest BCUT2D eigenvalue weighted by molar-refractivity contribution is 8.03. The van der Waals surface area contributed by atoms with Gasteiger partial charge >= 0.3 is 0 Å². The Kier molecular flexibility index (Phi) is 10.6. The molecule has 6 aromatic rings. The fourth-order valence-electron chi connectivity index (χ4n) is 5.89. The van der Waals surface area contributed by atoms with Gasteiger partial charge in [0.1, 0.15) is 17.0 Å². The number of aromatic nitrogens is 1. The fourth-order valence-corrected chi connectivity index (χ4v) is 8.20. The molecule has 0 saturated carbocycles. The summed E-state index contributed by atoms with van der Waals surface area (Å²) < 4.78 is 8.75. The van der Waals surface area contributed by atoms with E-state index in [2.05, 4.69) is 146 Å². The highest BCUT2D eigenvalue weighted by Gasteiger charge is 2.25. The second-order valence-corrected chi connectivity index (χ2v) is 13.1. The van der Waals surface area contributed by atoms with E-state index in [0.717, 1.165) is 18.8 Å². The molecule has 234 valence electrons. The van der Waals surface area contributed by atoms with Gasteiger partial charge in [0, 0.05) is 22.9 Å². The monoisotopic (exact) mass is 650 g/mol. The molecule has 0 unspecified atom stereocenters. The summed E-state index contributed by atoms with van der Waals surface area (Å²) in [6.07, 6.45) is 15.0. The fraction of sp³-hybridized carbons (Fsp3) is 0.146. The number of anilines is 1. The minimum absolute atomic E-state index is 0.908. The Bertz CT molecular complexity index is 2100. The lowest BCUT2D eigenvalue weighted by Crippen LogP contribution is -2.33. The summed E-state index contributed by atoms with van der Waals surface area (Å²) in [5.41, 5.74) is 3.90. The predicted octanol–water partition coefficient (Wildman–Crippen LogP) is 10.2. The largest absolute Gasteiger partial charge is 0.497 e. The van der Waals surface area contributed by atoms with Crippen LogP contribution in [0, 0.1) is 0 Å². The van der Waals surface area contributed by atoms with Crippen molar-refractivity contribution in [1.29, 1.82) is 0 Å². The minimum atomic E-state index is 0.908. The van der Waals surface area contributed by atoms with Gasteiger partial charge in [-0.05, 0) is 61.0 Å². The molecule has 1 aliphatic rings. The maximum atomic E-state index is 5.00. The summed E-state index contributed by atoms with van der Waals surface area (Å²) in [7, 11) is 3.73. The van der Waals surface area contributed by atoms with Crippen LogP contribution in [0.1, 0.15) is 18.9 Å². The molecule has 2 heterocycles. The van der Waals surface area contributed by atoms with E-state index in [1.54, 1.807) is 7.11 Å². The quantitative estimate of drug-likeness (QED) is 0.0927. The van der Waals surface area contributed by atoms with Crippen molar-refractivity contribution < 1.29 is 9.30 Å². The first kappa shape index (κ1) is 32.4. The number of allylic oxidation sites excluding steroid dienone is 6. The van der Waals surface area contributed by atoms with Crippen LogP contribution >= 0.6 is 23.1 Å². The molecule has 1 aliphatic heterocycles. The number of methoxy groups -OCH3 is 1. The number of thioether (sulfide) groups is 1. The molecular formula is C41H39BN2OS2. The Morgan fingerprint density at radius 2 is 1.45 bits per heavy atom. The van der Waals surface area contributed by atoms with Gasteiger partial charge in [-0.3, -0.25) is 5.46 Å². The first-order chi connectivity index (χ1) is 23.1. The van der Waals surface area contributed by atoms with Crippen LogP contribution in [0.3, 0.4) is 0 Å². The molecule has 1 aromatic heterocycles. The molecule has 3 nitrogen and oxygen atoms in total. The zero-order valence-electron chi connectivity index (χ0n) is 27.4. The maximum Gasteiger partial charge on any atom is 0.262 e. The van der Waals surface area contributed by atoms with Gasteiger partial charge in [0.25, 0.3) is 5.01 Å². The number of hydrogen-bond acceptors (Lipinski definition) is 4. The van der Waals surface area contributed by atoms with Crippen molar-refractivity contribution in [2.24, 2.45) is 0 Å². The van der Waals surface area contributed by atoms with Crippen LogP contribution in [-0.2, 0) is 6.54 Å². The van der Waals surface area contributed by atoms with Gasteiger partial charge in [-0.25, -0.2) is 6.82 Å². The van der Waals surface area contributed by atoms with Gasteiger partial charge in [-0.2, -0.15) is 4.57 Å². The smallest absolute Gasteiger partial charge is 0.262 e. The molecule has 6 heteroatoms. The van der Waals surface area contributed by atoms with Crippen LogP contribution in [0.5, 0.6) is 5.75 Å². The van der Waals surface area contributed by atoms with Crippen LogP contribution in [0.4, 0.5) is 5.69 Å². The van der Waals surface area contributed by atoms with Gasteiger partial charge < -0.3 is 16.9 Å². The Balaban J connectivity index is 0.000000332. The van der Waals surface area contributed by atoms with E-state index >= 15 is 0 Å². The van der Waals surface area contributed by atoms with Gasteiger partial charge in [-0.15, -0.1) is 0 Å². The van der Waals surface area contributed by atoms with E-state index in [-0.39, 0.29) is 0 Å². The standard InChI is InChI=1S/C33H29N2S2.C8H10BO/c1-3-34-30(36-28-22-20-24-14-10-12-16-26(24)32(28)34)18-8-6-5-7-9-19-31-35(4-2)33-27-17-13-11-15-25(27)21-23-29(33)37-31;1-9-7-3-5-8(10-2)6-4-7/h5-23H,3-4H2,1-2H3;3-6H,1-2H3/q+1;-1. The van der Waals surface area contributed by atoms with E-state index < -0.39 is 0 Å². The third-order valence-corrected chi connectivity index (χ3v) is 10.5. The number of ether oxygens (including phenoxy) is 1. The molecule has 0 amide bonds. The number of rotatable bonds is 8. The number of nitrogens with zero attached hydrogens (tertiary/aromatic N) is 2. The summed E-state index contributed by atoms with van der Waals surface area (Å²) in [5.74, 6) is 0.908. The molecule has 5 aromatic carbocycles. The predicted molar refractivity (Wildman–Crippen MR) is 208 cm³/mol. The van der Waals surface area contributed by atoms with Crippen molar-refractivity contribution in [3.63, 3.8) is 0 Å². The number of hydrogen-bond donors (Lipinski definition) is 0. The Morgan fingerprint density at radius 1 is 0.766 bits per heavy atom. The van der Waals surface area contributed by atoms with Crippen molar-refractivity contribution >= 4 is 79.4 Å². The molecule has 7 rings (SSSR count). The van der Waals surface area contributed by atoms with Crippen molar-refractivity contribution in [1.82, 2.24) is 0 Å². The Labute approximate surface area is 287 Å². The van der Waals surface area contributed by atoms with Crippen molar-refractivity contribution in [3.05, 3.63) is 144 Å². The average molecular weight is 651 g/mol. The maximum absolute atomic E-state index is 5.00. The van der Waals surface area contributed by atoms with Gasteiger partial charge in [0.15, 0.2) is 0 Å². The van der Waals surface area contributed by atoms with Crippen LogP contribution in [0.2, 0.25) is 6.82 Å². The van der Waals surface area contributed by atoms with Crippen molar-refractivity contribution in [2.75, 3.05) is 18.6 Å². The van der Waals surface area contributed by atoms with E-state index in [1.807, 2.05) is 54.2 Å². The number of aryl methyl sites for hydroxylation is 1. The molecule has 0 fully saturated rings. The van der Waals surface area contributed by atoms with E-state index in [1.165, 1.54) is 57.8 Å². The second kappa shape index (κ2) is 15.4. The van der Waals surface area contributed by atoms with Crippen LogP contribution in [0.25, 0.3) is 37.8 Å². The first-order valence-corrected chi connectivity index (χ1v) is 17.7. The molecule has 0 atom stereocenters. The van der Waals surface area contributed by atoms with Crippen molar-refractivity contribution in [3.8, 4) is 5.75 Å². The van der Waals surface area contributed by atoms with E-state index in [9.17, 15) is 0 Å². The molecule has 0 spiro atoms. The first-order valence-electron chi connectivity index (χ1n) is 16.1. The summed E-state index contributed by atoms with van der Waals surface area (Å²) in [4.78, 5) is 3.75. The molecule has 0 saturated heterocycles. The normalized spacial score (nSPS) is 13.9. The zero-order valence-corrected chi connectivity index (χ0v) is 29.0. The molecule has 2 radical (unpaired) electrons. The topological polar surface area (TPSA) is 16.4 Å². The lowest BCUT2D eigenvalue weighted by molar-refractivity contribution is -0.664. The van der Waals surface area contributed by atoms with Gasteiger partial charge in [0.2, 0.25) is 5.52 Å². The van der Waals surface area contributed by atoms with Crippen molar-refractivity contribution in [2.45, 2.75) is 32.1 Å². The molecule has 0 N–H and O–H groups in total. The lowest BCUT2D eigenvalue weighted by atomic mass is 9.73. The van der Waals surface area contributed by atoms with Crippen LogP contribution < -0.4 is 19.7 Å². The second-order valence-electron chi connectivity index (χ2n) is 11.0. The molecule has 0 bridgehead atoms. The third kappa shape index (κ3) is 7.09. The highest BCUT2D eigenvalue weighted by Crippen LogP contribution is 2.49.